The molecule has 0 saturated carbocycles. The molecule has 0 aliphatic heterocycles. The fourth-order valence-corrected chi connectivity index (χ4v) is 2.27. The molecule has 0 aliphatic carbocycles. The Bertz CT molecular complexity index is 727. The van der Waals surface area contributed by atoms with Gasteiger partial charge in [0.05, 0.1) is 18.4 Å². The zero-order valence-electron chi connectivity index (χ0n) is 14.0. The van der Waals surface area contributed by atoms with Crippen molar-refractivity contribution in [2.75, 3.05) is 12.4 Å². The van der Waals surface area contributed by atoms with Gasteiger partial charge in [-0.2, -0.15) is 0 Å². The number of ether oxygens (including phenoxy) is 2. The lowest BCUT2D eigenvalue weighted by atomic mass is 10.1. The Labute approximate surface area is 141 Å². The molecule has 0 radical (unpaired) electrons. The first kappa shape index (κ1) is 17.5. The van der Waals surface area contributed by atoms with Gasteiger partial charge in [0.25, 0.3) is 5.91 Å². The minimum absolute atomic E-state index is 0.300. The topological polar surface area (TPSA) is 64.6 Å². The Balaban J connectivity index is 2.11. The summed E-state index contributed by atoms with van der Waals surface area (Å²) in [5.74, 6) is -0.156. The van der Waals surface area contributed by atoms with E-state index in [0.29, 0.717) is 17.0 Å². The Morgan fingerprint density at radius 2 is 1.75 bits per heavy atom. The van der Waals surface area contributed by atoms with Crippen molar-refractivity contribution in [1.82, 2.24) is 0 Å². The standard InChI is InChI=1S/C19H21NO4/c1-4-14-9-5-8-12-17(14)24-13(2)18(21)20-16-11-7-6-10-15(16)19(22)23-3/h5-13H,4H2,1-3H3,(H,20,21)/t13-/m0/s1. The first-order valence-electron chi connectivity index (χ1n) is 7.79. The van der Waals surface area contributed by atoms with Crippen LogP contribution >= 0.6 is 0 Å². The van der Waals surface area contributed by atoms with Gasteiger partial charge in [0, 0.05) is 0 Å². The van der Waals surface area contributed by atoms with E-state index < -0.39 is 12.1 Å². The van der Waals surface area contributed by atoms with E-state index in [1.165, 1.54) is 7.11 Å². The lowest BCUT2D eigenvalue weighted by molar-refractivity contribution is -0.122. The number of hydrogen-bond donors (Lipinski definition) is 1. The molecule has 0 fully saturated rings. The molecule has 2 aromatic rings. The molecule has 2 aromatic carbocycles. The highest BCUT2D eigenvalue weighted by atomic mass is 16.5. The molecule has 1 N–H and O–H groups in total. The van der Waals surface area contributed by atoms with Gasteiger partial charge in [0.2, 0.25) is 0 Å². The van der Waals surface area contributed by atoms with E-state index in [1.54, 1.807) is 31.2 Å². The maximum Gasteiger partial charge on any atom is 0.339 e. The van der Waals surface area contributed by atoms with Crippen LogP contribution in [0.25, 0.3) is 0 Å². The van der Waals surface area contributed by atoms with Crippen LogP contribution in [0.2, 0.25) is 0 Å². The fraction of sp³-hybridized carbons (Fsp3) is 0.263. The maximum atomic E-state index is 12.4. The molecule has 0 spiro atoms. The lowest BCUT2D eigenvalue weighted by Gasteiger charge is -2.17. The van der Waals surface area contributed by atoms with Crippen molar-refractivity contribution in [2.45, 2.75) is 26.4 Å². The molecule has 0 heterocycles. The highest BCUT2D eigenvalue weighted by Crippen LogP contribution is 2.21. The van der Waals surface area contributed by atoms with Crippen molar-refractivity contribution in [3.05, 3.63) is 59.7 Å². The van der Waals surface area contributed by atoms with Gasteiger partial charge >= 0.3 is 5.97 Å². The zero-order chi connectivity index (χ0) is 17.5. The number of hydrogen-bond acceptors (Lipinski definition) is 4. The second-order valence-electron chi connectivity index (χ2n) is 5.25. The second kappa shape index (κ2) is 8.15. The van der Waals surface area contributed by atoms with Crippen LogP contribution in [0, 0.1) is 0 Å². The number of carbonyl (C=O) groups excluding carboxylic acids is 2. The summed E-state index contributed by atoms with van der Waals surface area (Å²) >= 11 is 0. The van der Waals surface area contributed by atoms with Crippen molar-refractivity contribution in [3.63, 3.8) is 0 Å². The highest BCUT2D eigenvalue weighted by molar-refractivity contribution is 6.02. The normalized spacial score (nSPS) is 11.5. The molecule has 1 amide bonds. The first-order valence-corrected chi connectivity index (χ1v) is 7.79. The number of benzene rings is 2. The molecule has 0 saturated heterocycles. The number of amides is 1. The SMILES string of the molecule is CCc1ccccc1O[C@@H](C)C(=O)Nc1ccccc1C(=O)OC. The van der Waals surface area contributed by atoms with Crippen molar-refractivity contribution in [1.29, 1.82) is 0 Å². The second-order valence-corrected chi connectivity index (χ2v) is 5.25. The molecule has 5 heteroatoms. The predicted molar refractivity (Wildman–Crippen MR) is 92.3 cm³/mol. The van der Waals surface area contributed by atoms with Crippen LogP contribution in [0.1, 0.15) is 29.8 Å². The van der Waals surface area contributed by atoms with Gasteiger partial charge < -0.3 is 14.8 Å². The third kappa shape index (κ3) is 4.13. The highest BCUT2D eigenvalue weighted by Gasteiger charge is 2.19. The minimum atomic E-state index is -0.705. The van der Waals surface area contributed by atoms with Crippen molar-refractivity contribution < 1.29 is 19.1 Å². The number of methoxy groups -OCH3 is 1. The quantitative estimate of drug-likeness (QED) is 0.826. The van der Waals surface area contributed by atoms with Gasteiger partial charge in [-0.1, -0.05) is 37.3 Å². The average Bonchev–Trinajstić information content (AvgIpc) is 2.61. The summed E-state index contributed by atoms with van der Waals surface area (Å²) in [6, 6.07) is 14.3. The van der Waals surface area contributed by atoms with E-state index >= 15 is 0 Å². The number of carbonyl (C=O) groups is 2. The van der Waals surface area contributed by atoms with Gasteiger partial charge in [-0.05, 0) is 37.1 Å². The number of nitrogens with one attached hydrogen (secondary N) is 1. The molecule has 5 nitrogen and oxygen atoms in total. The monoisotopic (exact) mass is 327 g/mol. The van der Waals surface area contributed by atoms with E-state index in [0.717, 1.165) is 12.0 Å². The van der Waals surface area contributed by atoms with Crippen molar-refractivity contribution in [3.8, 4) is 5.75 Å². The summed E-state index contributed by atoms with van der Waals surface area (Å²) in [6.45, 7) is 3.70. The van der Waals surface area contributed by atoms with Crippen molar-refractivity contribution in [2.24, 2.45) is 0 Å². The maximum absolute atomic E-state index is 12.4. The number of rotatable bonds is 6. The summed E-state index contributed by atoms with van der Waals surface area (Å²) in [7, 11) is 1.30. The molecule has 24 heavy (non-hydrogen) atoms. The summed E-state index contributed by atoms with van der Waals surface area (Å²) in [4.78, 5) is 24.1. The van der Waals surface area contributed by atoms with Gasteiger partial charge in [-0.25, -0.2) is 4.79 Å². The summed E-state index contributed by atoms with van der Waals surface area (Å²) in [5, 5.41) is 2.72. The minimum Gasteiger partial charge on any atom is -0.481 e. The van der Waals surface area contributed by atoms with Crippen LogP contribution in [-0.4, -0.2) is 25.1 Å². The lowest BCUT2D eigenvalue weighted by Crippen LogP contribution is -2.31. The molecule has 2 rings (SSSR count). The molecule has 0 unspecified atom stereocenters. The molecule has 0 aromatic heterocycles. The third-order valence-electron chi connectivity index (χ3n) is 3.62. The number of aryl methyl sites for hydroxylation is 1. The number of para-hydroxylation sites is 2. The van der Waals surface area contributed by atoms with Crippen LogP contribution in [0.4, 0.5) is 5.69 Å². The summed E-state index contributed by atoms with van der Waals surface area (Å²) in [5.41, 5.74) is 1.73. The van der Waals surface area contributed by atoms with Crippen molar-refractivity contribution >= 4 is 17.6 Å². The van der Waals surface area contributed by atoms with Crippen LogP contribution in [0.5, 0.6) is 5.75 Å². The molecule has 126 valence electrons. The zero-order valence-corrected chi connectivity index (χ0v) is 14.0. The molecular weight excluding hydrogens is 306 g/mol. The van der Waals surface area contributed by atoms with Gasteiger partial charge in [-0.15, -0.1) is 0 Å². The van der Waals surface area contributed by atoms with E-state index in [4.69, 9.17) is 9.47 Å². The van der Waals surface area contributed by atoms with E-state index in [2.05, 4.69) is 5.32 Å². The Morgan fingerprint density at radius 3 is 2.46 bits per heavy atom. The number of esters is 1. The Morgan fingerprint density at radius 1 is 1.08 bits per heavy atom. The smallest absolute Gasteiger partial charge is 0.339 e. The van der Waals surface area contributed by atoms with Gasteiger partial charge in [0.1, 0.15) is 5.75 Å². The molecule has 1 atom stereocenters. The Kier molecular flexibility index (Phi) is 5.95. The fourth-order valence-electron chi connectivity index (χ4n) is 2.27. The third-order valence-corrected chi connectivity index (χ3v) is 3.62. The molecular formula is C19H21NO4. The van der Waals surface area contributed by atoms with Crippen LogP contribution in [0.15, 0.2) is 48.5 Å². The van der Waals surface area contributed by atoms with Crippen LogP contribution in [-0.2, 0) is 16.0 Å². The predicted octanol–water partition coefficient (Wildman–Crippen LogP) is 3.44. The van der Waals surface area contributed by atoms with E-state index in [1.807, 2.05) is 31.2 Å². The summed E-state index contributed by atoms with van der Waals surface area (Å²) in [6.07, 6.45) is 0.110. The van der Waals surface area contributed by atoms with E-state index in [-0.39, 0.29) is 5.91 Å². The summed E-state index contributed by atoms with van der Waals surface area (Å²) < 4.78 is 10.5. The van der Waals surface area contributed by atoms with Gasteiger partial charge in [-0.3, -0.25) is 4.79 Å². The Hall–Kier alpha value is -2.82. The largest absolute Gasteiger partial charge is 0.481 e. The molecule has 0 bridgehead atoms. The molecule has 0 aliphatic rings. The van der Waals surface area contributed by atoms with Gasteiger partial charge in [0.15, 0.2) is 6.10 Å². The first-order chi connectivity index (χ1) is 11.6. The van der Waals surface area contributed by atoms with E-state index in [9.17, 15) is 9.59 Å². The average molecular weight is 327 g/mol. The van der Waals surface area contributed by atoms with Crippen LogP contribution in [0.3, 0.4) is 0 Å². The number of anilines is 1. The van der Waals surface area contributed by atoms with Crippen LogP contribution < -0.4 is 10.1 Å².